The fourth-order valence-corrected chi connectivity index (χ4v) is 5.73. The van der Waals surface area contributed by atoms with Gasteiger partial charge >= 0.3 is 0 Å². The van der Waals surface area contributed by atoms with Gasteiger partial charge in [0.25, 0.3) is 5.91 Å². The minimum Gasteiger partial charge on any atom is -0.333 e. The molecular formula is C17H20N2O3S2. The minimum atomic E-state index is -3.21. The van der Waals surface area contributed by atoms with Crippen molar-refractivity contribution in [2.45, 2.75) is 18.9 Å². The molecule has 3 aliphatic heterocycles. The first-order chi connectivity index (χ1) is 11.4. The van der Waals surface area contributed by atoms with Gasteiger partial charge in [0.05, 0.1) is 11.1 Å². The highest BCUT2D eigenvalue weighted by Crippen LogP contribution is 2.32. The molecule has 4 heterocycles. The Labute approximate surface area is 145 Å². The third-order valence-electron chi connectivity index (χ3n) is 5.05. The summed E-state index contributed by atoms with van der Waals surface area (Å²) in [7, 11) is -3.21. The summed E-state index contributed by atoms with van der Waals surface area (Å²) in [6.07, 6.45) is 3.14. The molecule has 3 aliphatic rings. The van der Waals surface area contributed by atoms with Crippen molar-refractivity contribution in [3.8, 4) is 0 Å². The van der Waals surface area contributed by atoms with Gasteiger partial charge in [-0.2, -0.15) is 4.31 Å². The number of benzene rings is 1. The van der Waals surface area contributed by atoms with Crippen LogP contribution in [0.5, 0.6) is 0 Å². The van der Waals surface area contributed by atoms with Crippen molar-refractivity contribution in [2.24, 2.45) is 5.92 Å². The van der Waals surface area contributed by atoms with Crippen LogP contribution in [0.2, 0.25) is 0 Å². The number of fused-ring (bicyclic) bond motifs is 5. The van der Waals surface area contributed by atoms with Gasteiger partial charge < -0.3 is 4.90 Å². The minimum absolute atomic E-state index is 0.0174. The molecule has 0 unspecified atom stereocenters. The first kappa shape index (κ1) is 16.1. The third-order valence-corrected chi connectivity index (χ3v) is 7.39. The molecule has 1 aromatic heterocycles. The van der Waals surface area contributed by atoms with Gasteiger partial charge in [0, 0.05) is 30.4 Å². The first-order valence-corrected chi connectivity index (χ1v) is 10.8. The van der Waals surface area contributed by atoms with E-state index in [1.165, 1.54) is 17.6 Å². The molecule has 24 heavy (non-hydrogen) atoms. The van der Waals surface area contributed by atoms with E-state index < -0.39 is 10.0 Å². The Balaban J connectivity index is 1.63. The molecule has 7 heteroatoms. The number of rotatable bonds is 2. The number of piperidine rings is 1. The zero-order valence-corrected chi connectivity index (χ0v) is 15.1. The molecule has 2 bridgehead atoms. The monoisotopic (exact) mass is 364 g/mol. The lowest BCUT2D eigenvalue weighted by Crippen LogP contribution is -2.47. The normalized spacial score (nSPS) is 25.1. The van der Waals surface area contributed by atoms with Gasteiger partial charge in [-0.3, -0.25) is 4.79 Å². The molecule has 0 spiro atoms. The summed E-state index contributed by atoms with van der Waals surface area (Å²) < 4.78 is 26.6. The molecule has 0 N–H and O–H groups in total. The number of carbonyl (C=O) groups is 1. The van der Waals surface area contributed by atoms with Crippen molar-refractivity contribution in [1.29, 1.82) is 0 Å². The number of thiophene rings is 1. The van der Waals surface area contributed by atoms with Gasteiger partial charge in [-0.05, 0) is 36.3 Å². The fraction of sp³-hybridized carbons (Fsp3) is 0.471. The van der Waals surface area contributed by atoms with Crippen LogP contribution in [0, 0.1) is 5.92 Å². The first-order valence-electron chi connectivity index (χ1n) is 8.16. The second kappa shape index (κ2) is 5.82. The summed E-state index contributed by atoms with van der Waals surface area (Å²) in [6, 6.07) is 9.93. The quantitative estimate of drug-likeness (QED) is 0.822. The molecule has 2 aromatic rings. The van der Waals surface area contributed by atoms with Gasteiger partial charge in [0.15, 0.2) is 0 Å². The Morgan fingerprint density at radius 3 is 2.71 bits per heavy atom. The van der Waals surface area contributed by atoms with Gasteiger partial charge in [0.2, 0.25) is 10.0 Å². The molecule has 0 aliphatic carbocycles. The van der Waals surface area contributed by atoms with E-state index in [4.69, 9.17) is 0 Å². The predicted molar refractivity (Wildman–Crippen MR) is 95.8 cm³/mol. The topological polar surface area (TPSA) is 57.7 Å². The highest BCUT2D eigenvalue weighted by molar-refractivity contribution is 7.88. The van der Waals surface area contributed by atoms with E-state index in [1.54, 1.807) is 4.31 Å². The van der Waals surface area contributed by atoms with E-state index in [2.05, 4.69) is 0 Å². The smallest absolute Gasteiger partial charge is 0.264 e. The maximum atomic E-state index is 13.0. The Morgan fingerprint density at radius 1 is 1.17 bits per heavy atom. The number of hydrogen-bond acceptors (Lipinski definition) is 4. The Morgan fingerprint density at radius 2 is 1.96 bits per heavy atom. The fourth-order valence-electron chi connectivity index (χ4n) is 3.79. The highest BCUT2D eigenvalue weighted by Gasteiger charge is 2.40. The van der Waals surface area contributed by atoms with Gasteiger partial charge in [-0.15, -0.1) is 11.3 Å². The van der Waals surface area contributed by atoms with Crippen molar-refractivity contribution in [3.63, 3.8) is 0 Å². The molecule has 0 radical (unpaired) electrons. The van der Waals surface area contributed by atoms with Crippen LogP contribution in [0.4, 0.5) is 0 Å². The van der Waals surface area contributed by atoms with E-state index in [0.29, 0.717) is 19.6 Å². The van der Waals surface area contributed by atoms with Gasteiger partial charge in [-0.1, -0.05) is 18.2 Å². The van der Waals surface area contributed by atoms with Crippen LogP contribution in [-0.4, -0.2) is 55.5 Å². The summed E-state index contributed by atoms with van der Waals surface area (Å²) in [6.45, 7) is 1.61. The maximum Gasteiger partial charge on any atom is 0.264 e. The van der Waals surface area contributed by atoms with E-state index in [-0.39, 0.29) is 17.9 Å². The van der Waals surface area contributed by atoms with Crippen LogP contribution < -0.4 is 0 Å². The van der Waals surface area contributed by atoms with Gasteiger partial charge in [0.1, 0.15) is 0 Å². The van der Waals surface area contributed by atoms with Crippen LogP contribution in [0.25, 0.3) is 10.1 Å². The van der Waals surface area contributed by atoms with Crippen molar-refractivity contribution in [1.82, 2.24) is 9.21 Å². The van der Waals surface area contributed by atoms with E-state index >= 15 is 0 Å². The average Bonchev–Trinajstić information content (AvgIpc) is 2.74. The molecule has 5 nitrogen and oxygen atoms in total. The zero-order valence-electron chi connectivity index (χ0n) is 13.5. The molecule has 3 fully saturated rings. The summed E-state index contributed by atoms with van der Waals surface area (Å²) >= 11 is 1.52. The lowest BCUT2D eigenvalue weighted by atomic mass is 9.95. The summed E-state index contributed by atoms with van der Waals surface area (Å²) in [5.41, 5.74) is 0. The Kier molecular flexibility index (Phi) is 3.89. The number of sulfonamides is 1. The number of carbonyl (C=O) groups excluding carboxylic acids is 1. The van der Waals surface area contributed by atoms with Crippen molar-refractivity contribution < 1.29 is 13.2 Å². The number of amides is 1. The molecule has 0 saturated carbocycles. The van der Waals surface area contributed by atoms with Crippen LogP contribution >= 0.6 is 11.3 Å². The second-order valence-corrected chi connectivity index (χ2v) is 9.85. The van der Waals surface area contributed by atoms with Crippen molar-refractivity contribution in [2.75, 3.05) is 25.9 Å². The lowest BCUT2D eigenvalue weighted by Gasteiger charge is -2.35. The summed E-state index contributed by atoms with van der Waals surface area (Å²) in [4.78, 5) is 15.7. The molecular weight excluding hydrogens is 344 g/mol. The Hall–Kier alpha value is -1.44. The Bertz CT molecular complexity index is 857. The van der Waals surface area contributed by atoms with E-state index in [1.807, 2.05) is 35.2 Å². The van der Waals surface area contributed by atoms with Gasteiger partial charge in [-0.25, -0.2) is 8.42 Å². The summed E-state index contributed by atoms with van der Waals surface area (Å²) in [5, 5.41) is 1.09. The van der Waals surface area contributed by atoms with E-state index in [0.717, 1.165) is 27.8 Å². The summed E-state index contributed by atoms with van der Waals surface area (Å²) in [5.74, 6) is 0.276. The maximum absolute atomic E-state index is 13.0. The third kappa shape index (κ3) is 2.85. The number of nitrogens with zero attached hydrogens (tertiary/aromatic N) is 2. The number of hydrogen-bond donors (Lipinski definition) is 0. The molecule has 1 aromatic carbocycles. The molecule has 2 atom stereocenters. The van der Waals surface area contributed by atoms with Crippen LogP contribution in [0.15, 0.2) is 30.3 Å². The molecule has 5 rings (SSSR count). The zero-order chi connectivity index (χ0) is 16.9. The van der Waals surface area contributed by atoms with E-state index in [9.17, 15) is 13.2 Å². The standard InChI is InChI=1S/C17H20N2O3S2/c1-24(21,22)18-9-12-6-7-14(11-18)19(10-12)17(20)16-8-13-4-2-3-5-15(13)23-16/h2-5,8,12,14H,6-7,9-11H2,1H3/t12-,14+/m0/s1. The molecule has 1 amide bonds. The van der Waals surface area contributed by atoms with Crippen LogP contribution in [-0.2, 0) is 10.0 Å². The SMILES string of the molecule is CS(=O)(=O)N1C[C@@H]2CC[C@H](C1)N(C(=O)c1cc3ccccc3s1)C2. The van der Waals surface area contributed by atoms with Crippen LogP contribution in [0.3, 0.4) is 0 Å². The van der Waals surface area contributed by atoms with Crippen molar-refractivity contribution in [3.05, 3.63) is 35.2 Å². The van der Waals surface area contributed by atoms with Crippen LogP contribution in [0.1, 0.15) is 22.5 Å². The van der Waals surface area contributed by atoms with Crippen molar-refractivity contribution >= 4 is 37.4 Å². The lowest BCUT2D eigenvalue weighted by molar-refractivity contribution is 0.0594. The second-order valence-electron chi connectivity index (χ2n) is 6.78. The average molecular weight is 364 g/mol. The predicted octanol–water partition coefficient (Wildman–Crippen LogP) is 2.40. The largest absolute Gasteiger partial charge is 0.333 e. The molecule has 128 valence electrons. The highest BCUT2D eigenvalue weighted by atomic mass is 32.2. The molecule has 3 saturated heterocycles.